The number of halogens is 1. The van der Waals surface area contributed by atoms with Crippen LogP contribution in [-0.4, -0.2) is 11.9 Å². The Morgan fingerprint density at radius 2 is 2.05 bits per heavy atom. The Bertz CT molecular complexity index is 476. The summed E-state index contributed by atoms with van der Waals surface area (Å²) in [6.45, 7) is 3.73. The van der Waals surface area contributed by atoms with Crippen molar-refractivity contribution in [1.29, 1.82) is 0 Å². The van der Waals surface area contributed by atoms with E-state index in [1.165, 1.54) is 32.3 Å². The van der Waals surface area contributed by atoms with E-state index in [9.17, 15) is 9.18 Å². The van der Waals surface area contributed by atoms with E-state index >= 15 is 0 Å². The Balaban J connectivity index is 2.05. The molecule has 0 radical (unpaired) electrons. The maximum absolute atomic E-state index is 13.9. The van der Waals surface area contributed by atoms with Crippen molar-refractivity contribution in [2.24, 2.45) is 5.92 Å². The third-order valence-corrected chi connectivity index (χ3v) is 3.90. The fourth-order valence-corrected chi connectivity index (χ4v) is 2.77. The van der Waals surface area contributed by atoms with Crippen LogP contribution in [0.1, 0.15) is 46.0 Å². The van der Waals surface area contributed by atoms with Crippen LogP contribution in [0.3, 0.4) is 0 Å². The highest BCUT2D eigenvalue weighted by atomic mass is 19.1. The van der Waals surface area contributed by atoms with Gasteiger partial charge in [0.1, 0.15) is 5.82 Å². The lowest BCUT2D eigenvalue weighted by molar-refractivity contribution is -0.114. The molecule has 0 heterocycles. The smallest absolute Gasteiger partial charge is 0.221 e. The van der Waals surface area contributed by atoms with E-state index in [4.69, 9.17) is 0 Å². The normalized spacial score (nSPS) is 22.9. The van der Waals surface area contributed by atoms with Crippen molar-refractivity contribution in [3.8, 4) is 0 Å². The number of hydrogen-bond donors (Lipinski definition) is 2. The molecule has 2 atom stereocenters. The van der Waals surface area contributed by atoms with Crippen molar-refractivity contribution in [3.05, 3.63) is 24.0 Å². The standard InChI is InChI=1S/C16H23FN2O/c1-11-4-3-5-13(7-6-11)19-16-10-14(18-12(2)20)8-9-15(16)17/h8-11,13,19H,3-7H2,1-2H3,(H,18,20). The lowest BCUT2D eigenvalue weighted by atomic mass is 10.0. The first-order chi connectivity index (χ1) is 9.54. The molecule has 2 N–H and O–H groups in total. The molecular formula is C16H23FN2O. The molecule has 1 aliphatic carbocycles. The molecule has 1 aliphatic rings. The molecule has 1 aromatic carbocycles. The minimum atomic E-state index is -0.267. The molecule has 2 rings (SSSR count). The molecule has 0 aromatic heterocycles. The van der Waals surface area contributed by atoms with Crippen LogP contribution in [0, 0.1) is 11.7 Å². The van der Waals surface area contributed by atoms with Crippen LogP contribution in [-0.2, 0) is 4.79 Å². The van der Waals surface area contributed by atoms with Crippen molar-refractivity contribution in [1.82, 2.24) is 0 Å². The number of anilines is 2. The van der Waals surface area contributed by atoms with E-state index in [0.717, 1.165) is 18.8 Å². The fraction of sp³-hybridized carbons (Fsp3) is 0.562. The quantitative estimate of drug-likeness (QED) is 0.815. The van der Waals surface area contributed by atoms with E-state index in [-0.39, 0.29) is 11.7 Å². The largest absolute Gasteiger partial charge is 0.380 e. The number of rotatable bonds is 3. The van der Waals surface area contributed by atoms with Crippen LogP contribution in [0.15, 0.2) is 18.2 Å². The van der Waals surface area contributed by atoms with Crippen LogP contribution in [0.25, 0.3) is 0 Å². The van der Waals surface area contributed by atoms with Crippen LogP contribution in [0.2, 0.25) is 0 Å². The maximum atomic E-state index is 13.9. The molecule has 2 unspecified atom stereocenters. The molecule has 0 saturated heterocycles. The van der Waals surface area contributed by atoms with E-state index in [1.54, 1.807) is 12.1 Å². The van der Waals surface area contributed by atoms with Gasteiger partial charge in [-0.15, -0.1) is 0 Å². The molecule has 1 fully saturated rings. The summed E-state index contributed by atoms with van der Waals surface area (Å²) < 4.78 is 13.9. The Morgan fingerprint density at radius 3 is 2.80 bits per heavy atom. The summed E-state index contributed by atoms with van der Waals surface area (Å²) in [5.41, 5.74) is 1.11. The second-order valence-electron chi connectivity index (χ2n) is 5.83. The van der Waals surface area contributed by atoms with Crippen LogP contribution in [0.5, 0.6) is 0 Å². The van der Waals surface area contributed by atoms with E-state index in [2.05, 4.69) is 17.6 Å². The van der Waals surface area contributed by atoms with Gasteiger partial charge in [-0.25, -0.2) is 4.39 Å². The Kier molecular flexibility index (Phi) is 4.99. The zero-order valence-corrected chi connectivity index (χ0v) is 12.2. The average molecular weight is 278 g/mol. The molecule has 1 aromatic rings. The number of amides is 1. The zero-order chi connectivity index (χ0) is 14.5. The molecule has 1 amide bonds. The van der Waals surface area contributed by atoms with Gasteiger partial charge in [0, 0.05) is 18.7 Å². The molecule has 4 heteroatoms. The lowest BCUT2D eigenvalue weighted by Gasteiger charge is -2.19. The third-order valence-electron chi connectivity index (χ3n) is 3.90. The average Bonchev–Trinajstić information content (AvgIpc) is 2.58. The highest BCUT2D eigenvalue weighted by Crippen LogP contribution is 2.27. The third kappa shape index (κ3) is 4.22. The fourth-order valence-electron chi connectivity index (χ4n) is 2.77. The summed E-state index contributed by atoms with van der Waals surface area (Å²) in [5, 5.41) is 5.98. The molecule has 0 bridgehead atoms. The first-order valence-corrected chi connectivity index (χ1v) is 7.38. The van der Waals surface area contributed by atoms with Crippen LogP contribution >= 0.6 is 0 Å². The maximum Gasteiger partial charge on any atom is 0.221 e. The Hall–Kier alpha value is -1.58. The predicted molar refractivity (Wildman–Crippen MR) is 80.4 cm³/mol. The first-order valence-electron chi connectivity index (χ1n) is 7.38. The molecule has 1 saturated carbocycles. The van der Waals surface area contributed by atoms with Crippen LogP contribution in [0.4, 0.5) is 15.8 Å². The summed E-state index contributed by atoms with van der Waals surface area (Å²) in [5.74, 6) is 0.347. The Morgan fingerprint density at radius 1 is 1.25 bits per heavy atom. The van der Waals surface area contributed by atoms with Crippen LogP contribution < -0.4 is 10.6 Å². The second-order valence-corrected chi connectivity index (χ2v) is 5.83. The lowest BCUT2D eigenvalue weighted by Crippen LogP contribution is -2.19. The highest BCUT2D eigenvalue weighted by Gasteiger charge is 2.17. The molecule has 0 spiro atoms. The van der Waals surface area contributed by atoms with E-state index in [0.29, 0.717) is 17.4 Å². The molecule has 3 nitrogen and oxygen atoms in total. The van der Waals surface area contributed by atoms with Gasteiger partial charge < -0.3 is 10.6 Å². The van der Waals surface area contributed by atoms with Crippen molar-refractivity contribution in [2.75, 3.05) is 10.6 Å². The van der Waals surface area contributed by atoms with Crippen molar-refractivity contribution in [3.63, 3.8) is 0 Å². The van der Waals surface area contributed by atoms with Crippen molar-refractivity contribution >= 4 is 17.3 Å². The SMILES string of the molecule is CC(=O)Nc1ccc(F)c(NC2CCCC(C)CC2)c1. The monoisotopic (exact) mass is 278 g/mol. The molecule has 110 valence electrons. The number of carbonyl (C=O) groups excluding carboxylic acids is 1. The predicted octanol–water partition coefficient (Wildman–Crippen LogP) is 4.16. The van der Waals surface area contributed by atoms with E-state index in [1.807, 2.05) is 0 Å². The minimum Gasteiger partial charge on any atom is -0.380 e. The summed E-state index contributed by atoms with van der Waals surface area (Å²) in [4.78, 5) is 11.1. The van der Waals surface area contributed by atoms with Gasteiger partial charge in [0.05, 0.1) is 5.69 Å². The summed E-state index contributed by atoms with van der Waals surface area (Å²) >= 11 is 0. The highest BCUT2D eigenvalue weighted by molar-refractivity contribution is 5.89. The van der Waals surface area contributed by atoms with Crippen molar-refractivity contribution < 1.29 is 9.18 Å². The topological polar surface area (TPSA) is 41.1 Å². The van der Waals surface area contributed by atoms with Gasteiger partial charge in [0.2, 0.25) is 5.91 Å². The number of benzene rings is 1. The van der Waals surface area contributed by atoms with Gasteiger partial charge in [0.25, 0.3) is 0 Å². The van der Waals surface area contributed by atoms with Gasteiger partial charge in [0.15, 0.2) is 0 Å². The Labute approximate surface area is 120 Å². The van der Waals surface area contributed by atoms with Gasteiger partial charge in [-0.2, -0.15) is 0 Å². The van der Waals surface area contributed by atoms with Gasteiger partial charge in [-0.3, -0.25) is 4.79 Å². The number of nitrogens with one attached hydrogen (secondary N) is 2. The molecular weight excluding hydrogens is 255 g/mol. The first kappa shape index (κ1) is 14.8. The summed E-state index contributed by atoms with van der Waals surface area (Å²) in [6, 6.07) is 4.97. The van der Waals surface area contributed by atoms with Gasteiger partial charge >= 0.3 is 0 Å². The summed E-state index contributed by atoms with van der Waals surface area (Å²) in [6.07, 6.45) is 5.78. The molecule has 20 heavy (non-hydrogen) atoms. The van der Waals surface area contributed by atoms with Gasteiger partial charge in [-0.05, 0) is 43.4 Å². The van der Waals surface area contributed by atoms with E-state index < -0.39 is 0 Å². The van der Waals surface area contributed by atoms with Gasteiger partial charge in [-0.1, -0.05) is 19.8 Å². The minimum absolute atomic E-state index is 0.147. The second kappa shape index (κ2) is 6.73. The summed E-state index contributed by atoms with van der Waals surface area (Å²) in [7, 11) is 0. The number of hydrogen-bond acceptors (Lipinski definition) is 2. The van der Waals surface area contributed by atoms with Crippen molar-refractivity contribution in [2.45, 2.75) is 52.0 Å². The zero-order valence-electron chi connectivity index (χ0n) is 12.2. The number of carbonyl (C=O) groups is 1. The molecule has 0 aliphatic heterocycles.